The van der Waals surface area contributed by atoms with Crippen molar-refractivity contribution in [2.24, 2.45) is 0 Å². The average Bonchev–Trinajstić information content (AvgIpc) is 2.22. The van der Waals surface area contributed by atoms with Crippen molar-refractivity contribution in [3.05, 3.63) is 29.3 Å². The highest BCUT2D eigenvalue weighted by Crippen LogP contribution is 2.16. The molecule has 1 rings (SSSR count). The van der Waals surface area contributed by atoms with Crippen LogP contribution < -0.4 is 5.32 Å². The summed E-state index contributed by atoms with van der Waals surface area (Å²) in [5.41, 5.74) is 1.69. The normalized spacial score (nSPS) is 9.12. The molecule has 0 aliphatic heterocycles. The van der Waals surface area contributed by atoms with Gasteiger partial charge >= 0.3 is 0 Å². The molecule has 2 N–H and O–H groups in total. The lowest BCUT2D eigenvalue weighted by Gasteiger charge is -1.98. The number of benzene rings is 1. The van der Waals surface area contributed by atoms with Crippen molar-refractivity contribution >= 4 is 5.91 Å². The standard InChI is InChI=1S/C13H15NO2/c1-10-6-7-13(16)12(9-10)5-3-4-8-14-11(2)15/h6-7,9,16H,4,8H2,1-2H3,(H,14,15). The molecule has 0 saturated heterocycles. The zero-order chi connectivity index (χ0) is 12.0. The number of hydrogen-bond donors (Lipinski definition) is 2. The molecule has 0 radical (unpaired) electrons. The summed E-state index contributed by atoms with van der Waals surface area (Å²) < 4.78 is 0. The van der Waals surface area contributed by atoms with Crippen LogP contribution in [-0.4, -0.2) is 17.6 Å². The van der Waals surface area contributed by atoms with Crippen LogP contribution in [-0.2, 0) is 4.79 Å². The Morgan fingerprint density at radius 2 is 2.25 bits per heavy atom. The van der Waals surface area contributed by atoms with Gasteiger partial charge in [-0.2, -0.15) is 0 Å². The number of hydrogen-bond acceptors (Lipinski definition) is 2. The van der Waals surface area contributed by atoms with E-state index in [4.69, 9.17) is 0 Å². The van der Waals surface area contributed by atoms with Gasteiger partial charge in [0.15, 0.2) is 0 Å². The Hall–Kier alpha value is -1.95. The molecule has 0 aliphatic rings. The molecule has 0 aliphatic carbocycles. The van der Waals surface area contributed by atoms with Gasteiger partial charge in [0, 0.05) is 19.9 Å². The molecule has 0 saturated carbocycles. The summed E-state index contributed by atoms with van der Waals surface area (Å²) >= 11 is 0. The number of nitrogens with one attached hydrogen (secondary N) is 1. The van der Waals surface area contributed by atoms with Crippen LogP contribution in [0.1, 0.15) is 24.5 Å². The van der Waals surface area contributed by atoms with Crippen LogP contribution in [0.2, 0.25) is 0 Å². The van der Waals surface area contributed by atoms with Gasteiger partial charge in [-0.25, -0.2) is 0 Å². The van der Waals surface area contributed by atoms with E-state index >= 15 is 0 Å². The molecule has 3 nitrogen and oxygen atoms in total. The Morgan fingerprint density at radius 1 is 1.50 bits per heavy atom. The largest absolute Gasteiger partial charge is 0.507 e. The highest BCUT2D eigenvalue weighted by molar-refractivity contribution is 5.72. The zero-order valence-corrected chi connectivity index (χ0v) is 9.50. The van der Waals surface area contributed by atoms with Crippen molar-refractivity contribution in [2.75, 3.05) is 6.54 Å². The number of phenolic OH excluding ortho intramolecular Hbond substituents is 1. The van der Waals surface area contributed by atoms with Crippen molar-refractivity contribution in [1.82, 2.24) is 5.32 Å². The summed E-state index contributed by atoms with van der Waals surface area (Å²) in [5.74, 6) is 5.91. The number of rotatable bonds is 2. The first-order valence-electron chi connectivity index (χ1n) is 5.12. The highest BCUT2D eigenvalue weighted by Gasteiger charge is 1.96. The molecule has 84 valence electrons. The Bertz CT molecular complexity index is 441. The van der Waals surface area contributed by atoms with Gasteiger partial charge in [-0.3, -0.25) is 4.79 Å². The van der Waals surface area contributed by atoms with Crippen molar-refractivity contribution < 1.29 is 9.90 Å². The molecule has 1 aromatic rings. The van der Waals surface area contributed by atoms with Gasteiger partial charge in [-0.05, 0) is 24.6 Å². The van der Waals surface area contributed by atoms with E-state index in [9.17, 15) is 9.90 Å². The van der Waals surface area contributed by atoms with E-state index in [1.807, 2.05) is 19.1 Å². The molecule has 0 aromatic heterocycles. The molecule has 3 heteroatoms. The number of carbonyl (C=O) groups is 1. The van der Waals surface area contributed by atoms with Crippen LogP contribution in [0, 0.1) is 18.8 Å². The summed E-state index contributed by atoms with van der Waals surface area (Å²) in [5, 5.41) is 12.2. The van der Waals surface area contributed by atoms with Gasteiger partial charge in [0.2, 0.25) is 5.91 Å². The molecule has 0 unspecified atom stereocenters. The van der Waals surface area contributed by atoms with Gasteiger partial charge in [0.1, 0.15) is 5.75 Å². The minimum absolute atomic E-state index is 0.0554. The van der Waals surface area contributed by atoms with Gasteiger partial charge in [0.25, 0.3) is 0 Å². The minimum Gasteiger partial charge on any atom is -0.507 e. The van der Waals surface area contributed by atoms with E-state index < -0.39 is 0 Å². The summed E-state index contributed by atoms with van der Waals surface area (Å²) in [4.78, 5) is 10.6. The lowest BCUT2D eigenvalue weighted by atomic mass is 10.1. The lowest BCUT2D eigenvalue weighted by molar-refractivity contribution is -0.118. The number of phenols is 1. The second-order valence-electron chi connectivity index (χ2n) is 3.56. The molecule has 1 aromatic carbocycles. The molecular formula is C13H15NO2. The van der Waals surface area contributed by atoms with Crippen molar-refractivity contribution in [3.63, 3.8) is 0 Å². The quantitative estimate of drug-likeness (QED) is 0.583. The number of aromatic hydroxyl groups is 1. The fourth-order valence-corrected chi connectivity index (χ4v) is 1.21. The molecule has 0 bridgehead atoms. The second kappa shape index (κ2) is 5.82. The summed E-state index contributed by atoms with van der Waals surface area (Å²) in [6.07, 6.45) is 0.576. The van der Waals surface area contributed by atoms with Gasteiger partial charge in [-0.1, -0.05) is 17.9 Å². The monoisotopic (exact) mass is 217 g/mol. The maximum atomic E-state index is 10.6. The molecular weight excluding hydrogens is 202 g/mol. The van der Waals surface area contributed by atoms with Gasteiger partial charge in [0.05, 0.1) is 5.56 Å². The minimum atomic E-state index is -0.0554. The Morgan fingerprint density at radius 3 is 2.94 bits per heavy atom. The van der Waals surface area contributed by atoms with Gasteiger partial charge in [-0.15, -0.1) is 0 Å². The number of carbonyl (C=O) groups excluding carboxylic acids is 1. The Labute approximate surface area is 95.5 Å². The third-order valence-corrected chi connectivity index (χ3v) is 2.00. The summed E-state index contributed by atoms with van der Waals surface area (Å²) in [6.45, 7) is 3.96. The average molecular weight is 217 g/mol. The third kappa shape index (κ3) is 4.05. The van der Waals surface area contributed by atoms with Crippen molar-refractivity contribution in [1.29, 1.82) is 0 Å². The van der Waals surface area contributed by atoms with E-state index in [1.165, 1.54) is 6.92 Å². The van der Waals surface area contributed by atoms with Crippen LogP contribution in [0.25, 0.3) is 0 Å². The fourth-order valence-electron chi connectivity index (χ4n) is 1.21. The van der Waals surface area contributed by atoms with Crippen LogP contribution in [0.5, 0.6) is 5.75 Å². The fraction of sp³-hybridized carbons (Fsp3) is 0.308. The highest BCUT2D eigenvalue weighted by atomic mass is 16.3. The van der Waals surface area contributed by atoms with Crippen LogP contribution in [0.4, 0.5) is 0 Å². The second-order valence-corrected chi connectivity index (χ2v) is 3.56. The van der Waals surface area contributed by atoms with Crippen LogP contribution >= 0.6 is 0 Å². The number of aryl methyl sites for hydroxylation is 1. The zero-order valence-electron chi connectivity index (χ0n) is 9.50. The smallest absolute Gasteiger partial charge is 0.216 e. The Kier molecular flexibility index (Phi) is 4.41. The number of amides is 1. The molecule has 16 heavy (non-hydrogen) atoms. The first-order valence-corrected chi connectivity index (χ1v) is 5.12. The van der Waals surface area contributed by atoms with E-state index in [2.05, 4.69) is 17.2 Å². The van der Waals surface area contributed by atoms with E-state index in [0.29, 0.717) is 18.5 Å². The van der Waals surface area contributed by atoms with Crippen LogP contribution in [0.3, 0.4) is 0 Å². The molecule has 0 fully saturated rings. The van der Waals surface area contributed by atoms with Gasteiger partial charge < -0.3 is 10.4 Å². The molecule has 0 heterocycles. The third-order valence-electron chi connectivity index (χ3n) is 2.00. The molecule has 0 atom stereocenters. The van der Waals surface area contributed by atoms with E-state index in [0.717, 1.165) is 5.56 Å². The first kappa shape index (κ1) is 12.1. The summed E-state index contributed by atoms with van der Waals surface area (Å²) in [7, 11) is 0. The SMILES string of the molecule is CC(=O)NCCC#Cc1cc(C)ccc1O. The van der Waals surface area contributed by atoms with Crippen LogP contribution in [0.15, 0.2) is 18.2 Å². The Balaban J connectivity index is 2.56. The van der Waals surface area contributed by atoms with Crippen molar-refractivity contribution in [2.45, 2.75) is 20.3 Å². The predicted molar refractivity (Wildman–Crippen MR) is 63.0 cm³/mol. The lowest BCUT2D eigenvalue weighted by Crippen LogP contribution is -2.20. The van der Waals surface area contributed by atoms with E-state index in [-0.39, 0.29) is 11.7 Å². The maximum Gasteiger partial charge on any atom is 0.216 e. The molecule has 1 amide bonds. The van der Waals surface area contributed by atoms with Crippen molar-refractivity contribution in [3.8, 4) is 17.6 Å². The molecule has 0 spiro atoms. The first-order chi connectivity index (χ1) is 7.59. The van der Waals surface area contributed by atoms with E-state index in [1.54, 1.807) is 6.07 Å². The maximum absolute atomic E-state index is 10.6. The topological polar surface area (TPSA) is 49.3 Å². The predicted octanol–water partition coefficient (Wildman–Crippen LogP) is 1.58. The summed E-state index contributed by atoms with van der Waals surface area (Å²) in [6, 6.07) is 5.30.